The summed E-state index contributed by atoms with van der Waals surface area (Å²) >= 11 is 0. The van der Waals surface area contributed by atoms with Gasteiger partial charge >= 0.3 is 0 Å². The first kappa shape index (κ1) is 18.2. The highest BCUT2D eigenvalue weighted by Crippen LogP contribution is 2.26. The maximum absolute atomic E-state index is 12.4. The van der Waals surface area contributed by atoms with Crippen LogP contribution in [0.25, 0.3) is 0 Å². The highest BCUT2D eigenvalue weighted by Gasteiger charge is 2.37. The van der Waals surface area contributed by atoms with Crippen molar-refractivity contribution in [3.05, 3.63) is 69.3 Å². The van der Waals surface area contributed by atoms with Gasteiger partial charge in [0, 0.05) is 17.8 Å². The first-order valence-electron chi connectivity index (χ1n) is 8.32. The van der Waals surface area contributed by atoms with Crippen molar-refractivity contribution in [1.82, 2.24) is 4.90 Å². The molecule has 8 nitrogen and oxygen atoms in total. The van der Waals surface area contributed by atoms with E-state index in [1.54, 1.807) is 12.1 Å². The van der Waals surface area contributed by atoms with Gasteiger partial charge in [0.15, 0.2) is 0 Å². The molecule has 0 fully saturated rings. The van der Waals surface area contributed by atoms with E-state index in [2.05, 4.69) is 19.2 Å². The summed E-state index contributed by atoms with van der Waals surface area (Å²) in [5.74, 6) is -1.53. The average molecular weight is 367 g/mol. The molecule has 0 spiro atoms. The van der Waals surface area contributed by atoms with Gasteiger partial charge in [-0.15, -0.1) is 0 Å². The van der Waals surface area contributed by atoms with Crippen molar-refractivity contribution >= 4 is 29.1 Å². The van der Waals surface area contributed by atoms with Gasteiger partial charge in [0.25, 0.3) is 17.5 Å². The summed E-state index contributed by atoms with van der Waals surface area (Å²) in [5.41, 5.74) is 1.38. The molecule has 27 heavy (non-hydrogen) atoms. The van der Waals surface area contributed by atoms with E-state index in [9.17, 15) is 24.5 Å². The summed E-state index contributed by atoms with van der Waals surface area (Å²) in [4.78, 5) is 48.0. The number of amides is 3. The van der Waals surface area contributed by atoms with Crippen molar-refractivity contribution < 1.29 is 19.3 Å². The summed E-state index contributed by atoms with van der Waals surface area (Å²) in [5, 5.41) is 13.5. The zero-order valence-corrected chi connectivity index (χ0v) is 14.8. The number of benzene rings is 2. The van der Waals surface area contributed by atoms with Crippen LogP contribution in [-0.4, -0.2) is 34.1 Å². The number of nitro groups is 1. The Kier molecular flexibility index (Phi) is 4.72. The topological polar surface area (TPSA) is 110 Å². The third kappa shape index (κ3) is 3.55. The van der Waals surface area contributed by atoms with E-state index < -0.39 is 29.2 Å². The summed E-state index contributed by atoms with van der Waals surface area (Å²) < 4.78 is 0. The Hall–Kier alpha value is -3.55. The Morgan fingerprint density at radius 3 is 2.30 bits per heavy atom. The van der Waals surface area contributed by atoms with Crippen molar-refractivity contribution in [2.45, 2.75) is 19.8 Å². The number of carbonyl (C=O) groups excluding carboxylic acids is 3. The van der Waals surface area contributed by atoms with Crippen LogP contribution in [0.2, 0.25) is 0 Å². The molecule has 0 atom stereocenters. The molecular formula is C19H17N3O5. The third-order valence-corrected chi connectivity index (χ3v) is 4.33. The second kappa shape index (κ2) is 6.99. The molecule has 0 saturated carbocycles. The van der Waals surface area contributed by atoms with E-state index in [-0.39, 0.29) is 16.8 Å². The van der Waals surface area contributed by atoms with Crippen LogP contribution in [0.5, 0.6) is 0 Å². The molecular weight excluding hydrogens is 350 g/mol. The minimum absolute atomic E-state index is 0.0553. The van der Waals surface area contributed by atoms with E-state index in [1.165, 1.54) is 6.07 Å². The summed E-state index contributed by atoms with van der Waals surface area (Å²) in [7, 11) is 0. The molecule has 0 saturated heterocycles. The van der Waals surface area contributed by atoms with E-state index >= 15 is 0 Å². The number of hydrogen-bond acceptors (Lipinski definition) is 5. The van der Waals surface area contributed by atoms with Crippen molar-refractivity contribution in [2.24, 2.45) is 0 Å². The zero-order chi connectivity index (χ0) is 19.7. The largest absolute Gasteiger partial charge is 0.325 e. The monoisotopic (exact) mass is 367 g/mol. The maximum atomic E-state index is 12.4. The lowest BCUT2D eigenvalue weighted by molar-refractivity contribution is -0.384. The Morgan fingerprint density at radius 1 is 1.07 bits per heavy atom. The molecule has 0 aliphatic carbocycles. The molecule has 3 amide bonds. The van der Waals surface area contributed by atoms with Crippen LogP contribution in [0.1, 0.15) is 46.0 Å². The van der Waals surface area contributed by atoms with Crippen LogP contribution >= 0.6 is 0 Å². The second-order valence-electron chi connectivity index (χ2n) is 6.51. The summed E-state index contributed by atoms with van der Waals surface area (Å²) in [6.45, 7) is 3.65. The van der Waals surface area contributed by atoms with Crippen LogP contribution in [-0.2, 0) is 4.79 Å². The number of nitrogens with one attached hydrogen (secondary N) is 1. The van der Waals surface area contributed by atoms with Gasteiger partial charge in [0.05, 0.1) is 16.1 Å². The number of non-ortho nitro benzene ring substituents is 1. The van der Waals surface area contributed by atoms with Crippen LogP contribution in [0, 0.1) is 10.1 Å². The molecule has 0 bridgehead atoms. The Labute approximate surface area is 154 Å². The van der Waals surface area contributed by atoms with Crippen LogP contribution < -0.4 is 5.32 Å². The molecule has 0 aromatic heterocycles. The molecule has 2 aromatic rings. The second-order valence-corrected chi connectivity index (χ2v) is 6.51. The number of imide groups is 1. The lowest BCUT2D eigenvalue weighted by Gasteiger charge is -2.14. The first-order chi connectivity index (χ1) is 12.8. The average Bonchev–Trinajstić information content (AvgIpc) is 2.86. The van der Waals surface area contributed by atoms with Crippen LogP contribution in [0.15, 0.2) is 42.5 Å². The zero-order valence-electron chi connectivity index (χ0n) is 14.8. The Morgan fingerprint density at radius 2 is 1.70 bits per heavy atom. The number of nitrogens with zero attached hydrogens (tertiary/aromatic N) is 2. The van der Waals surface area contributed by atoms with Crippen molar-refractivity contribution in [2.75, 3.05) is 11.9 Å². The normalized spacial score (nSPS) is 13.1. The van der Waals surface area contributed by atoms with E-state index in [4.69, 9.17) is 0 Å². The SMILES string of the molecule is CC(C)c1ccc(NC(=O)CN2C(=O)c3ccc([N+](=O)[O-])cc3C2=O)cc1. The Balaban J connectivity index is 1.72. The molecule has 1 aliphatic rings. The molecule has 1 aliphatic heterocycles. The van der Waals surface area contributed by atoms with Crippen molar-refractivity contribution in [1.29, 1.82) is 0 Å². The third-order valence-electron chi connectivity index (χ3n) is 4.33. The molecule has 0 unspecified atom stereocenters. The fourth-order valence-corrected chi connectivity index (χ4v) is 2.83. The molecule has 8 heteroatoms. The highest BCUT2D eigenvalue weighted by molar-refractivity contribution is 6.23. The number of carbonyl (C=O) groups is 3. The van der Waals surface area contributed by atoms with Gasteiger partial charge in [0.2, 0.25) is 5.91 Å². The lowest BCUT2D eigenvalue weighted by atomic mass is 10.0. The van der Waals surface area contributed by atoms with Crippen LogP contribution in [0.3, 0.4) is 0 Å². The Bertz CT molecular complexity index is 950. The summed E-state index contributed by atoms with van der Waals surface area (Å²) in [6.07, 6.45) is 0. The van der Waals surface area contributed by atoms with Gasteiger partial charge in [-0.25, -0.2) is 0 Å². The molecule has 0 radical (unpaired) electrons. The van der Waals surface area contributed by atoms with Gasteiger partial charge in [-0.3, -0.25) is 29.4 Å². The van der Waals surface area contributed by atoms with Gasteiger partial charge in [-0.1, -0.05) is 26.0 Å². The maximum Gasteiger partial charge on any atom is 0.270 e. The van der Waals surface area contributed by atoms with Gasteiger partial charge in [-0.05, 0) is 29.7 Å². The fraction of sp³-hybridized carbons (Fsp3) is 0.211. The van der Waals surface area contributed by atoms with Crippen molar-refractivity contribution in [3.8, 4) is 0 Å². The first-order valence-corrected chi connectivity index (χ1v) is 8.32. The highest BCUT2D eigenvalue weighted by atomic mass is 16.6. The van der Waals surface area contributed by atoms with E-state index in [0.717, 1.165) is 22.6 Å². The van der Waals surface area contributed by atoms with Gasteiger partial charge in [-0.2, -0.15) is 0 Å². The number of fused-ring (bicyclic) bond motifs is 1. The predicted octanol–water partition coefficient (Wildman–Crippen LogP) is 2.95. The van der Waals surface area contributed by atoms with E-state index in [0.29, 0.717) is 11.6 Å². The lowest BCUT2D eigenvalue weighted by Crippen LogP contribution is -2.37. The predicted molar refractivity (Wildman–Crippen MR) is 97.6 cm³/mol. The molecule has 1 N–H and O–H groups in total. The number of nitro benzene ring substituents is 1. The van der Waals surface area contributed by atoms with Crippen molar-refractivity contribution in [3.63, 3.8) is 0 Å². The summed E-state index contributed by atoms with van der Waals surface area (Å²) in [6, 6.07) is 10.7. The van der Waals surface area contributed by atoms with Gasteiger partial charge in [0.1, 0.15) is 6.54 Å². The minimum Gasteiger partial charge on any atom is -0.325 e. The molecule has 2 aromatic carbocycles. The number of hydrogen-bond donors (Lipinski definition) is 1. The number of anilines is 1. The number of rotatable bonds is 5. The molecule has 138 valence electrons. The molecule has 1 heterocycles. The minimum atomic E-state index is -0.719. The fourth-order valence-electron chi connectivity index (χ4n) is 2.83. The van der Waals surface area contributed by atoms with E-state index in [1.807, 2.05) is 12.1 Å². The molecule has 3 rings (SSSR count). The van der Waals surface area contributed by atoms with Crippen LogP contribution in [0.4, 0.5) is 11.4 Å². The quantitative estimate of drug-likeness (QED) is 0.496. The standard InChI is InChI=1S/C19H17N3O5/c1-11(2)12-3-5-13(6-4-12)20-17(23)10-21-18(24)15-8-7-14(22(26)27)9-16(15)19(21)25/h3-9,11H,10H2,1-2H3,(H,20,23). The smallest absolute Gasteiger partial charge is 0.270 e. The van der Waals surface area contributed by atoms with Gasteiger partial charge < -0.3 is 5.32 Å².